The number of para-hydroxylation sites is 1. The number of carbonyl (C=O) groups excluding carboxylic acids is 1. The molecule has 1 atom stereocenters. The van der Waals surface area contributed by atoms with Crippen molar-refractivity contribution in [3.05, 3.63) is 64.1 Å². The van der Waals surface area contributed by atoms with Gasteiger partial charge in [0, 0.05) is 36.3 Å². The molecule has 1 unspecified atom stereocenters. The van der Waals surface area contributed by atoms with Crippen LogP contribution in [0.4, 0.5) is 5.69 Å². The topological polar surface area (TPSA) is 73.4 Å². The summed E-state index contributed by atoms with van der Waals surface area (Å²) in [6.07, 6.45) is 3.64. The number of aromatic nitrogens is 1. The van der Waals surface area contributed by atoms with Crippen LogP contribution in [0.2, 0.25) is 0 Å². The van der Waals surface area contributed by atoms with Gasteiger partial charge in [-0.1, -0.05) is 18.2 Å². The fourth-order valence-electron chi connectivity index (χ4n) is 2.67. The van der Waals surface area contributed by atoms with E-state index in [9.17, 15) is 14.7 Å². The molecule has 1 aromatic heterocycles. The molecule has 21 heavy (non-hydrogen) atoms. The van der Waals surface area contributed by atoms with Crippen molar-refractivity contribution in [2.45, 2.75) is 18.9 Å². The molecule has 0 bridgehead atoms. The van der Waals surface area contributed by atoms with Crippen LogP contribution in [0.1, 0.15) is 34.9 Å². The van der Waals surface area contributed by atoms with Crippen LogP contribution in [0.15, 0.2) is 47.5 Å². The van der Waals surface area contributed by atoms with Gasteiger partial charge in [0.1, 0.15) is 5.56 Å². The minimum Gasteiger partial charge on any atom is -0.388 e. The van der Waals surface area contributed by atoms with E-state index in [0.29, 0.717) is 25.1 Å². The summed E-state index contributed by atoms with van der Waals surface area (Å²) < 4.78 is 0. The molecule has 2 N–H and O–H groups in total. The lowest BCUT2D eigenvalue weighted by Gasteiger charge is -2.23. The smallest absolute Gasteiger partial charge is 0.263 e. The number of aliphatic hydroxyl groups is 1. The quantitative estimate of drug-likeness (QED) is 0.839. The fourth-order valence-corrected chi connectivity index (χ4v) is 2.67. The number of nitrogens with one attached hydrogen (secondary N) is 1. The Morgan fingerprint density at radius 1 is 1.29 bits per heavy atom. The summed E-state index contributed by atoms with van der Waals surface area (Å²) in [5.74, 6) is -0.335. The molecule has 3 rings (SSSR count). The second-order valence-electron chi connectivity index (χ2n) is 5.10. The van der Waals surface area contributed by atoms with Gasteiger partial charge in [-0.15, -0.1) is 0 Å². The molecule has 0 saturated heterocycles. The fraction of sp³-hybridized carbons (Fsp3) is 0.250. The van der Waals surface area contributed by atoms with Crippen molar-refractivity contribution < 1.29 is 9.90 Å². The number of fused-ring (bicyclic) bond motifs is 1. The summed E-state index contributed by atoms with van der Waals surface area (Å²) in [5, 5.41) is 10.2. The van der Waals surface area contributed by atoms with Gasteiger partial charge in [-0.25, -0.2) is 0 Å². The third kappa shape index (κ3) is 2.48. The normalized spacial score (nSPS) is 18.0. The molecule has 108 valence electrons. The summed E-state index contributed by atoms with van der Waals surface area (Å²) >= 11 is 0. The van der Waals surface area contributed by atoms with Gasteiger partial charge in [0.15, 0.2) is 5.43 Å². The first-order valence-electron chi connectivity index (χ1n) is 6.94. The zero-order valence-electron chi connectivity index (χ0n) is 11.5. The van der Waals surface area contributed by atoms with Crippen molar-refractivity contribution in [3.8, 4) is 0 Å². The molecule has 5 heteroatoms. The highest BCUT2D eigenvalue weighted by molar-refractivity contribution is 6.06. The zero-order chi connectivity index (χ0) is 14.8. The minimum atomic E-state index is -0.576. The predicted octanol–water partition coefficient (Wildman–Crippen LogP) is 1.85. The maximum Gasteiger partial charge on any atom is 0.263 e. The second-order valence-corrected chi connectivity index (χ2v) is 5.10. The second kappa shape index (κ2) is 5.54. The van der Waals surface area contributed by atoms with Gasteiger partial charge < -0.3 is 15.0 Å². The third-order valence-corrected chi connectivity index (χ3v) is 3.75. The highest BCUT2D eigenvalue weighted by atomic mass is 16.3. The number of pyridine rings is 1. The maximum atomic E-state index is 12.7. The number of H-pyrrole nitrogens is 1. The number of rotatable bonds is 1. The van der Waals surface area contributed by atoms with Gasteiger partial charge in [0.2, 0.25) is 0 Å². The average molecular weight is 284 g/mol. The van der Waals surface area contributed by atoms with E-state index in [0.717, 1.165) is 5.56 Å². The Morgan fingerprint density at radius 2 is 2.10 bits per heavy atom. The molecule has 1 aliphatic rings. The molecule has 0 radical (unpaired) electrons. The van der Waals surface area contributed by atoms with Crippen LogP contribution in [-0.2, 0) is 0 Å². The first-order valence-corrected chi connectivity index (χ1v) is 6.94. The van der Waals surface area contributed by atoms with E-state index >= 15 is 0 Å². The van der Waals surface area contributed by atoms with E-state index in [4.69, 9.17) is 0 Å². The van der Waals surface area contributed by atoms with Crippen molar-refractivity contribution in [2.75, 3.05) is 11.4 Å². The number of hydrogen-bond donors (Lipinski definition) is 2. The van der Waals surface area contributed by atoms with Gasteiger partial charge in [0.05, 0.1) is 6.10 Å². The summed E-state index contributed by atoms with van der Waals surface area (Å²) in [4.78, 5) is 28.9. The van der Waals surface area contributed by atoms with Gasteiger partial charge in [0.25, 0.3) is 5.91 Å². The molecule has 1 aromatic carbocycles. The molecule has 0 spiro atoms. The molecule has 2 aromatic rings. The zero-order valence-corrected chi connectivity index (χ0v) is 11.5. The average Bonchev–Trinajstić information content (AvgIpc) is 2.67. The number of hydrogen-bond acceptors (Lipinski definition) is 3. The molecule has 0 saturated carbocycles. The van der Waals surface area contributed by atoms with Crippen molar-refractivity contribution in [1.29, 1.82) is 0 Å². The van der Waals surface area contributed by atoms with Crippen LogP contribution < -0.4 is 10.3 Å². The van der Waals surface area contributed by atoms with E-state index in [-0.39, 0.29) is 16.9 Å². The molecule has 2 heterocycles. The van der Waals surface area contributed by atoms with Crippen molar-refractivity contribution in [2.24, 2.45) is 0 Å². The summed E-state index contributed by atoms with van der Waals surface area (Å²) in [6, 6.07) is 8.63. The highest BCUT2D eigenvalue weighted by Crippen LogP contribution is 2.33. The molecule has 0 fully saturated rings. The molecule has 1 amide bonds. The van der Waals surface area contributed by atoms with Gasteiger partial charge in [-0.05, 0) is 18.9 Å². The minimum absolute atomic E-state index is 0.115. The van der Waals surface area contributed by atoms with Crippen LogP contribution in [0.5, 0.6) is 0 Å². The number of aliphatic hydroxyl groups excluding tert-OH is 1. The molecule has 0 aliphatic carbocycles. The first-order chi connectivity index (χ1) is 10.2. The van der Waals surface area contributed by atoms with Crippen LogP contribution in [0, 0.1) is 0 Å². The SMILES string of the molecule is O=C(c1c[nH]ccc1=O)N1CCCC(O)c2ccccc21. The number of nitrogens with zero attached hydrogens (tertiary/aromatic N) is 1. The van der Waals surface area contributed by atoms with E-state index < -0.39 is 6.10 Å². The van der Waals surface area contributed by atoms with Crippen molar-refractivity contribution in [3.63, 3.8) is 0 Å². The Kier molecular flexibility index (Phi) is 3.58. The predicted molar refractivity (Wildman–Crippen MR) is 79.4 cm³/mol. The highest BCUT2D eigenvalue weighted by Gasteiger charge is 2.26. The number of amides is 1. The number of benzene rings is 1. The summed E-state index contributed by atoms with van der Waals surface area (Å²) in [6.45, 7) is 0.487. The third-order valence-electron chi connectivity index (χ3n) is 3.75. The van der Waals surface area contributed by atoms with E-state index in [1.165, 1.54) is 18.5 Å². The van der Waals surface area contributed by atoms with Crippen LogP contribution >= 0.6 is 0 Å². The first kappa shape index (κ1) is 13.6. The Balaban J connectivity index is 2.06. The van der Waals surface area contributed by atoms with Crippen LogP contribution in [-0.4, -0.2) is 22.5 Å². The summed E-state index contributed by atoms with van der Waals surface area (Å²) in [5.41, 5.74) is 1.22. The standard InChI is InChI=1S/C16H16N2O3/c19-14-6-3-9-18(13-5-2-1-4-11(13)14)16(21)12-10-17-8-7-15(12)20/h1-2,4-5,7-8,10,14,19H,3,6,9H2,(H,17,20). The van der Waals surface area contributed by atoms with Crippen LogP contribution in [0.3, 0.4) is 0 Å². The van der Waals surface area contributed by atoms with Crippen molar-refractivity contribution >= 4 is 11.6 Å². The molecular formula is C16H16N2O3. The number of anilines is 1. The Labute approximate surface area is 121 Å². The number of aromatic amines is 1. The monoisotopic (exact) mass is 284 g/mol. The molecule has 1 aliphatic heterocycles. The van der Waals surface area contributed by atoms with E-state index in [1.54, 1.807) is 11.0 Å². The van der Waals surface area contributed by atoms with E-state index in [1.807, 2.05) is 18.2 Å². The molecular weight excluding hydrogens is 268 g/mol. The lowest BCUT2D eigenvalue weighted by Crippen LogP contribution is -2.34. The van der Waals surface area contributed by atoms with Gasteiger partial charge >= 0.3 is 0 Å². The largest absolute Gasteiger partial charge is 0.388 e. The van der Waals surface area contributed by atoms with Crippen molar-refractivity contribution in [1.82, 2.24) is 4.98 Å². The maximum absolute atomic E-state index is 12.7. The summed E-state index contributed by atoms with van der Waals surface area (Å²) in [7, 11) is 0. The Morgan fingerprint density at radius 3 is 2.90 bits per heavy atom. The molecule has 5 nitrogen and oxygen atoms in total. The lowest BCUT2D eigenvalue weighted by atomic mass is 10.0. The van der Waals surface area contributed by atoms with Gasteiger partial charge in [-0.3, -0.25) is 9.59 Å². The van der Waals surface area contributed by atoms with Crippen LogP contribution in [0.25, 0.3) is 0 Å². The Bertz CT molecular complexity index is 723. The Hall–Kier alpha value is -2.40. The van der Waals surface area contributed by atoms with Gasteiger partial charge in [-0.2, -0.15) is 0 Å². The van der Waals surface area contributed by atoms with E-state index in [2.05, 4.69) is 4.98 Å². The number of carbonyl (C=O) groups is 1. The lowest BCUT2D eigenvalue weighted by molar-refractivity contribution is 0.0985.